The van der Waals surface area contributed by atoms with Crippen LogP contribution in [0.3, 0.4) is 0 Å². The van der Waals surface area contributed by atoms with E-state index < -0.39 is 10.0 Å². The van der Waals surface area contributed by atoms with Crippen molar-refractivity contribution in [3.8, 4) is 6.07 Å². The number of para-hydroxylation sites is 1. The van der Waals surface area contributed by atoms with Crippen LogP contribution in [0.2, 0.25) is 0 Å². The Morgan fingerprint density at radius 3 is 2.45 bits per heavy atom. The summed E-state index contributed by atoms with van der Waals surface area (Å²) in [5, 5.41) is 8.92. The number of sulfonamides is 1. The second-order valence-corrected chi connectivity index (χ2v) is 5.33. The van der Waals surface area contributed by atoms with Crippen molar-refractivity contribution in [2.45, 2.75) is 4.90 Å². The van der Waals surface area contributed by atoms with E-state index in [0.29, 0.717) is 0 Å². The highest BCUT2D eigenvalue weighted by molar-refractivity contribution is 7.92. The van der Waals surface area contributed by atoms with Crippen LogP contribution >= 0.6 is 0 Å². The predicted molar refractivity (Wildman–Crippen MR) is 71.8 cm³/mol. The van der Waals surface area contributed by atoms with Gasteiger partial charge in [-0.3, -0.25) is 10.1 Å². The molecule has 102 valence electrons. The maximum absolute atomic E-state index is 12.1. The number of benzene rings is 1. The van der Waals surface area contributed by atoms with Crippen molar-refractivity contribution in [2.24, 2.45) is 5.84 Å². The number of anilines is 2. The average molecular weight is 290 g/mol. The van der Waals surface area contributed by atoms with Gasteiger partial charge in [0.2, 0.25) is 5.95 Å². The van der Waals surface area contributed by atoms with Gasteiger partial charge in [0, 0.05) is 0 Å². The SMILES string of the molecule is N#Cc1ccccc1NS(=O)(=O)c1cnc(NN)nc1. The zero-order chi connectivity index (χ0) is 14.6. The van der Waals surface area contributed by atoms with Crippen molar-refractivity contribution < 1.29 is 8.42 Å². The van der Waals surface area contributed by atoms with E-state index in [0.717, 1.165) is 12.4 Å². The molecule has 2 rings (SSSR count). The molecule has 0 saturated carbocycles. The summed E-state index contributed by atoms with van der Waals surface area (Å²) in [4.78, 5) is 7.30. The number of hydrogen-bond donors (Lipinski definition) is 3. The van der Waals surface area contributed by atoms with E-state index in [1.807, 2.05) is 6.07 Å². The van der Waals surface area contributed by atoms with Crippen LogP contribution in [0.5, 0.6) is 0 Å². The fourth-order valence-corrected chi connectivity index (χ4v) is 2.37. The van der Waals surface area contributed by atoms with E-state index in [9.17, 15) is 8.42 Å². The molecule has 2 aromatic rings. The molecule has 9 heteroatoms. The average Bonchev–Trinajstić information content (AvgIpc) is 2.47. The molecule has 0 aliphatic carbocycles. The van der Waals surface area contributed by atoms with Crippen molar-refractivity contribution in [3.05, 3.63) is 42.2 Å². The van der Waals surface area contributed by atoms with E-state index in [2.05, 4.69) is 20.1 Å². The zero-order valence-electron chi connectivity index (χ0n) is 10.1. The van der Waals surface area contributed by atoms with Gasteiger partial charge in [0.25, 0.3) is 10.0 Å². The number of hydrogen-bond acceptors (Lipinski definition) is 7. The van der Waals surface area contributed by atoms with E-state index in [1.54, 1.807) is 12.1 Å². The highest BCUT2D eigenvalue weighted by atomic mass is 32.2. The van der Waals surface area contributed by atoms with Crippen molar-refractivity contribution >= 4 is 21.7 Å². The molecule has 0 unspecified atom stereocenters. The highest BCUT2D eigenvalue weighted by Gasteiger charge is 2.17. The molecule has 8 nitrogen and oxygen atoms in total. The minimum absolute atomic E-state index is 0.0985. The summed E-state index contributed by atoms with van der Waals surface area (Å²) in [7, 11) is -3.87. The van der Waals surface area contributed by atoms with Gasteiger partial charge in [0.1, 0.15) is 11.0 Å². The summed E-state index contributed by atoms with van der Waals surface area (Å²) in [6.45, 7) is 0. The standard InChI is InChI=1S/C11H10N6O2S/c12-5-8-3-1-2-4-10(8)17-20(18,19)9-6-14-11(16-13)15-7-9/h1-4,6-7,17H,13H2,(H,14,15,16). The minimum atomic E-state index is -3.87. The van der Waals surface area contributed by atoms with Crippen molar-refractivity contribution in [1.82, 2.24) is 9.97 Å². The summed E-state index contributed by atoms with van der Waals surface area (Å²) in [5.74, 6) is 5.19. The van der Waals surface area contributed by atoms with Crippen molar-refractivity contribution in [2.75, 3.05) is 10.1 Å². The van der Waals surface area contributed by atoms with E-state index in [4.69, 9.17) is 11.1 Å². The number of nitrogens with zero attached hydrogens (tertiary/aromatic N) is 3. The fourth-order valence-electron chi connectivity index (χ4n) is 1.40. The third-order valence-electron chi connectivity index (χ3n) is 2.36. The molecule has 0 bridgehead atoms. The minimum Gasteiger partial charge on any atom is -0.292 e. The van der Waals surface area contributed by atoms with Gasteiger partial charge in [-0.25, -0.2) is 24.2 Å². The first-order valence-corrected chi connectivity index (χ1v) is 6.86. The second kappa shape index (κ2) is 5.52. The molecule has 0 amide bonds. The second-order valence-electron chi connectivity index (χ2n) is 3.65. The maximum atomic E-state index is 12.1. The normalized spacial score (nSPS) is 10.6. The molecule has 1 aromatic heterocycles. The summed E-state index contributed by atoms with van der Waals surface area (Å²) in [5.41, 5.74) is 2.60. The van der Waals surface area contributed by atoms with Gasteiger partial charge >= 0.3 is 0 Å². The van der Waals surface area contributed by atoms with E-state index >= 15 is 0 Å². The molecule has 4 N–H and O–H groups in total. The molecule has 0 saturated heterocycles. The van der Waals surface area contributed by atoms with Crippen LogP contribution in [0.25, 0.3) is 0 Å². The lowest BCUT2D eigenvalue weighted by Crippen LogP contribution is -2.16. The smallest absolute Gasteiger partial charge is 0.265 e. The highest BCUT2D eigenvalue weighted by Crippen LogP contribution is 2.18. The first-order chi connectivity index (χ1) is 9.56. The van der Waals surface area contributed by atoms with Crippen LogP contribution in [0.4, 0.5) is 11.6 Å². The van der Waals surface area contributed by atoms with Gasteiger partial charge in [-0.15, -0.1) is 0 Å². The number of rotatable bonds is 4. The number of aromatic nitrogens is 2. The molecule has 1 heterocycles. The first-order valence-electron chi connectivity index (χ1n) is 5.37. The Bertz CT molecular complexity index is 751. The molecule has 1 aromatic carbocycles. The number of nitriles is 1. The Kier molecular flexibility index (Phi) is 3.79. The van der Waals surface area contributed by atoms with Gasteiger partial charge < -0.3 is 0 Å². The topological polar surface area (TPSA) is 134 Å². The van der Waals surface area contributed by atoms with Gasteiger partial charge in [0.15, 0.2) is 0 Å². The monoisotopic (exact) mass is 290 g/mol. The van der Waals surface area contributed by atoms with E-state index in [-0.39, 0.29) is 22.1 Å². The lowest BCUT2D eigenvalue weighted by molar-refractivity contribution is 0.600. The lowest BCUT2D eigenvalue weighted by atomic mass is 10.2. The zero-order valence-corrected chi connectivity index (χ0v) is 10.9. The van der Waals surface area contributed by atoms with Crippen molar-refractivity contribution in [3.63, 3.8) is 0 Å². The molecule has 0 radical (unpaired) electrons. The van der Waals surface area contributed by atoms with Crippen LogP contribution in [-0.2, 0) is 10.0 Å². The molecule has 0 spiro atoms. The van der Waals surface area contributed by atoms with Crippen LogP contribution in [0.1, 0.15) is 5.56 Å². The number of nitrogens with one attached hydrogen (secondary N) is 2. The summed E-state index contributed by atoms with van der Waals surface area (Å²) < 4.78 is 26.5. The quantitative estimate of drug-likeness (QED) is 0.549. The summed E-state index contributed by atoms with van der Waals surface area (Å²) in [6, 6.07) is 8.17. The Morgan fingerprint density at radius 1 is 1.20 bits per heavy atom. The van der Waals surface area contributed by atoms with Crippen LogP contribution in [-0.4, -0.2) is 18.4 Å². The molecule has 20 heavy (non-hydrogen) atoms. The summed E-state index contributed by atoms with van der Waals surface area (Å²) in [6.07, 6.45) is 2.22. The molecule has 0 aliphatic rings. The van der Waals surface area contributed by atoms with Gasteiger partial charge in [-0.05, 0) is 12.1 Å². The third kappa shape index (κ3) is 2.82. The Hall–Kier alpha value is -2.70. The Labute approximate surface area is 115 Å². The first kappa shape index (κ1) is 13.7. The lowest BCUT2D eigenvalue weighted by Gasteiger charge is -2.09. The molecule has 0 atom stereocenters. The number of nitrogen functional groups attached to an aromatic ring is 1. The van der Waals surface area contributed by atoms with Gasteiger partial charge in [0.05, 0.1) is 23.6 Å². The largest absolute Gasteiger partial charge is 0.292 e. The third-order valence-corrected chi connectivity index (χ3v) is 3.68. The Balaban J connectivity index is 2.33. The molecular formula is C11H10N6O2S. The molecular weight excluding hydrogens is 280 g/mol. The number of hydrazine groups is 1. The Morgan fingerprint density at radius 2 is 1.85 bits per heavy atom. The predicted octanol–water partition coefficient (Wildman–Crippen LogP) is 0.435. The molecule has 0 aliphatic heterocycles. The molecule has 0 fully saturated rings. The van der Waals surface area contributed by atoms with Crippen LogP contribution in [0, 0.1) is 11.3 Å². The fraction of sp³-hybridized carbons (Fsp3) is 0. The van der Waals surface area contributed by atoms with Crippen molar-refractivity contribution in [1.29, 1.82) is 5.26 Å². The number of nitrogens with two attached hydrogens (primary N) is 1. The van der Waals surface area contributed by atoms with Crippen LogP contribution < -0.4 is 16.0 Å². The maximum Gasteiger partial charge on any atom is 0.265 e. The van der Waals surface area contributed by atoms with Crippen LogP contribution in [0.15, 0.2) is 41.6 Å². The van der Waals surface area contributed by atoms with E-state index in [1.165, 1.54) is 12.1 Å². The van der Waals surface area contributed by atoms with Gasteiger partial charge in [-0.1, -0.05) is 12.1 Å². The van der Waals surface area contributed by atoms with Gasteiger partial charge in [-0.2, -0.15) is 5.26 Å². The summed E-state index contributed by atoms with van der Waals surface area (Å²) >= 11 is 0.